The lowest BCUT2D eigenvalue weighted by molar-refractivity contribution is 0.477. The maximum atomic E-state index is 13.0. The summed E-state index contributed by atoms with van der Waals surface area (Å²) in [5, 5.41) is 8.63. The molecule has 0 N–H and O–H groups in total. The number of halogens is 1. The van der Waals surface area contributed by atoms with Crippen molar-refractivity contribution in [3.05, 3.63) is 53.1 Å². The Labute approximate surface area is 162 Å². The zero-order valence-electron chi connectivity index (χ0n) is 14.7. The van der Waals surface area contributed by atoms with Crippen LogP contribution in [0, 0.1) is 6.92 Å². The van der Waals surface area contributed by atoms with E-state index in [9.17, 15) is 8.42 Å². The second-order valence-electron chi connectivity index (χ2n) is 6.48. The van der Waals surface area contributed by atoms with Crippen LogP contribution in [0.15, 0.2) is 51.8 Å². The molecule has 1 aliphatic rings. The van der Waals surface area contributed by atoms with Crippen LogP contribution in [0.4, 0.5) is 0 Å². The van der Waals surface area contributed by atoms with Crippen molar-refractivity contribution in [2.75, 3.05) is 13.1 Å². The summed E-state index contributed by atoms with van der Waals surface area (Å²) in [4.78, 5) is 0.277. The molecule has 6 nitrogen and oxygen atoms in total. The van der Waals surface area contributed by atoms with Crippen molar-refractivity contribution < 1.29 is 12.8 Å². The number of hydrogen-bond donors (Lipinski definition) is 0. The molecule has 0 spiro atoms. The molecule has 0 aliphatic carbocycles. The molecule has 1 aromatic heterocycles. The van der Waals surface area contributed by atoms with Gasteiger partial charge < -0.3 is 4.42 Å². The van der Waals surface area contributed by atoms with E-state index in [4.69, 9.17) is 16.0 Å². The van der Waals surface area contributed by atoms with Crippen LogP contribution in [-0.4, -0.2) is 36.0 Å². The van der Waals surface area contributed by atoms with E-state index in [2.05, 4.69) is 10.2 Å². The van der Waals surface area contributed by atoms with E-state index in [0.29, 0.717) is 40.7 Å². The molecule has 3 aromatic rings. The molecule has 140 valence electrons. The van der Waals surface area contributed by atoms with E-state index in [1.165, 1.54) is 4.31 Å². The summed E-state index contributed by atoms with van der Waals surface area (Å²) in [7, 11) is -3.53. The van der Waals surface area contributed by atoms with Gasteiger partial charge in [0, 0.05) is 18.7 Å². The van der Waals surface area contributed by atoms with Crippen molar-refractivity contribution >= 4 is 21.6 Å². The Kier molecular flexibility index (Phi) is 4.75. The molecule has 2 heterocycles. The van der Waals surface area contributed by atoms with Crippen LogP contribution in [0.1, 0.15) is 18.4 Å². The van der Waals surface area contributed by atoms with Gasteiger partial charge in [-0.05, 0) is 49.6 Å². The second-order valence-corrected chi connectivity index (χ2v) is 8.80. The highest BCUT2D eigenvalue weighted by Crippen LogP contribution is 2.31. The standard InChI is InChI=1S/C19H18ClN3O3S/c1-13-8-9-14(12-17(13)27(24,25)23-10-4-5-11-23)18-21-22-19(26-18)15-6-2-3-7-16(15)20/h2-3,6-9,12H,4-5,10-11H2,1H3. The van der Waals surface area contributed by atoms with E-state index >= 15 is 0 Å². The van der Waals surface area contributed by atoms with Crippen molar-refractivity contribution in [3.8, 4) is 22.9 Å². The highest BCUT2D eigenvalue weighted by molar-refractivity contribution is 7.89. The van der Waals surface area contributed by atoms with E-state index in [1.807, 2.05) is 12.1 Å². The summed E-state index contributed by atoms with van der Waals surface area (Å²) in [6.45, 7) is 2.90. The van der Waals surface area contributed by atoms with Gasteiger partial charge in [-0.15, -0.1) is 10.2 Å². The van der Waals surface area contributed by atoms with Gasteiger partial charge in [0.1, 0.15) is 0 Å². The average Bonchev–Trinajstić information content (AvgIpc) is 3.35. The molecule has 0 unspecified atom stereocenters. The van der Waals surface area contributed by atoms with Gasteiger partial charge in [0.2, 0.25) is 21.8 Å². The van der Waals surface area contributed by atoms with Crippen molar-refractivity contribution in [1.29, 1.82) is 0 Å². The van der Waals surface area contributed by atoms with Gasteiger partial charge in [-0.3, -0.25) is 0 Å². The first-order valence-electron chi connectivity index (χ1n) is 8.66. The van der Waals surface area contributed by atoms with Crippen LogP contribution in [-0.2, 0) is 10.0 Å². The number of aromatic nitrogens is 2. The quantitative estimate of drug-likeness (QED) is 0.654. The van der Waals surface area contributed by atoms with Crippen molar-refractivity contribution in [1.82, 2.24) is 14.5 Å². The number of hydrogen-bond acceptors (Lipinski definition) is 5. The van der Waals surface area contributed by atoms with Gasteiger partial charge in [-0.2, -0.15) is 4.31 Å². The Morgan fingerprint density at radius 1 is 1.04 bits per heavy atom. The first-order valence-corrected chi connectivity index (χ1v) is 10.5. The monoisotopic (exact) mass is 403 g/mol. The van der Waals surface area contributed by atoms with Crippen LogP contribution >= 0.6 is 11.6 Å². The molecule has 1 aliphatic heterocycles. The molecular formula is C19H18ClN3O3S. The molecule has 0 atom stereocenters. The van der Waals surface area contributed by atoms with E-state index in [0.717, 1.165) is 12.8 Å². The molecule has 0 radical (unpaired) electrons. The first kappa shape index (κ1) is 18.2. The van der Waals surface area contributed by atoms with Gasteiger partial charge in [0.15, 0.2) is 0 Å². The number of sulfonamides is 1. The Morgan fingerprint density at radius 3 is 2.48 bits per heavy atom. The van der Waals surface area contributed by atoms with Crippen LogP contribution in [0.2, 0.25) is 5.02 Å². The fraction of sp³-hybridized carbons (Fsp3) is 0.263. The molecule has 1 saturated heterocycles. The number of benzene rings is 2. The minimum absolute atomic E-state index is 0.253. The smallest absolute Gasteiger partial charge is 0.249 e. The highest BCUT2D eigenvalue weighted by atomic mass is 35.5. The van der Waals surface area contributed by atoms with E-state index < -0.39 is 10.0 Å². The minimum atomic E-state index is -3.53. The third-order valence-corrected chi connectivity index (χ3v) is 7.02. The Morgan fingerprint density at radius 2 is 1.74 bits per heavy atom. The lowest BCUT2D eigenvalue weighted by Gasteiger charge is -2.17. The second kappa shape index (κ2) is 7.07. The minimum Gasteiger partial charge on any atom is -0.416 e. The molecule has 4 rings (SSSR count). The number of aryl methyl sites for hydroxylation is 1. The summed E-state index contributed by atoms with van der Waals surface area (Å²) >= 11 is 6.18. The van der Waals surface area contributed by atoms with Crippen LogP contribution in [0.5, 0.6) is 0 Å². The summed E-state index contributed by atoms with van der Waals surface area (Å²) in [5.74, 6) is 0.544. The third-order valence-electron chi connectivity index (χ3n) is 4.65. The van der Waals surface area contributed by atoms with Gasteiger partial charge in [-0.1, -0.05) is 29.8 Å². The lowest BCUT2D eigenvalue weighted by atomic mass is 10.1. The molecule has 27 heavy (non-hydrogen) atoms. The SMILES string of the molecule is Cc1ccc(-c2nnc(-c3ccccc3Cl)o2)cc1S(=O)(=O)N1CCCC1. The maximum absolute atomic E-state index is 13.0. The normalized spacial score (nSPS) is 15.3. The number of rotatable bonds is 4. The molecule has 8 heteroatoms. The molecule has 0 saturated carbocycles. The van der Waals surface area contributed by atoms with Crippen LogP contribution in [0.3, 0.4) is 0 Å². The highest BCUT2D eigenvalue weighted by Gasteiger charge is 2.29. The fourth-order valence-corrected chi connectivity index (χ4v) is 5.15. The van der Waals surface area contributed by atoms with E-state index in [1.54, 1.807) is 37.3 Å². The molecule has 0 amide bonds. The Hall–Kier alpha value is -2.22. The zero-order chi connectivity index (χ0) is 19.0. The van der Waals surface area contributed by atoms with E-state index in [-0.39, 0.29) is 10.8 Å². The predicted molar refractivity (Wildman–Crippen MR) is 103 cm³/mol. The van der Waals surface area contributed by atoms with Gasteiger partial charge in [0.25, 0.3) is 0 Å². The van der Waals surface area contributed by atoms with Crippen molar-refractivity contribution in [2.24, 2.45) is 0 Å². The summed E-state index contributed by atoms with van der Waals surface area (Å²) < 4.78 is 33.2. The molecule has 1 fully saturated rings. The Bertz CT molecular complexity index is 1090. The first-order chi connectivity index (χ1) is 13.0. The summed E-state index contributed by atoms with van der Waals surface area (Å²) in [5.41, 5.74) is 1.88. The lowest BCUT2D eigenvalue weighted by Crippen LogP contribution is -2.28. The molecule has 0 bridgehead atoms. The van der Waals surface area contributed by atoms with Gasteiger partial charge in [0.05, 0.1) is 15.5 Å². The largest absolute Gasteiger partial charge is 0.416 e. The maximum Gasteiger partial charge on any atom is 0.249 e. The third kappa shape index (κ3) is 3.38. The van der Waals surface area contributed by atoms with Gasteiger partial charge >= 0.3 is 0 Å². The average molecular weight is 404 g/mol. The topological polar surface area (TPSA) is 76.3 Å². The number of nitrogens with zero attached hydrogens (tertiary/aromatic N) is 3. The Balaban J connectivity index is 1.73. The van der Waals surface area contributed by atoms with Gasteiger partial charge in [-0.25, -0.2) is 8.42 Å². The predicted octanol–water partition coefficient (Wildman–Crippen LogP) is 4.15. The molecule has 2 aromatic carbocycles. The van der Waals surface area contributed by atoms with Crippen molar-refractivity contribution in [2.45, 2.75) is 24.7 Å². The van der Waals surface area contributed by atoms with Crippen LogP contribution < -0.4 is 0 Å². The summed E-state index contributed by atoms with van der Waals surface area (Å²) in [6, 6.07) is 12.3. The van der Waals surface area contributed by atoms with Crippen molar-refractivity contribution in [3.63, 3.8) is 0 Å². The fourth-order valence-electron chi connectivity index (χ4n) is 3.16. The molecular weight excluding hydrogens is 386 g/mol. The zero-order valence-corrected chi connectivity index (χ0v) is 16.3. The summed E-state index contributed by atoms with van der Waals surface area (Å²) in [6.07, 6.45) is 1.78. The van der Waals surface area contributed by atoms with Crippen LogP contribution in [0.25, 0.3) is 22.9 Å².